The first-order valence-electron chi connectivity index (χ1n) is 7.24. The molecule has 3 amide bonds. The van der Waals surface area contributed by atoms with Gasteiger partial charge in [-0.2, -0.15) is 0 Å². The van der Waals surface area contributed by atoms with Crippen LogP contribution in [0.5, 0.6) is 0 Å². The van der Waals surface area contributed by atoms with Crippen molar-refractivity contribution in [2.45, 2.75) is 39.8 Å². The molecule has 1 aliphatic heterocycles. The van der Waals surface area contributed by atoms with Crippen molar-refractivity contribution in [2.24, 2.45) is 0 Å². The summed E-state index contributed by atoms with van der Waals surface area (Å²) >= 11 is 0. The van der Waals surface area contributed by atoms with Crippen LogP contribution in [0, 0.1) is 20.8 Å². The van der Waals surface area contributed by atoms with Gasteiger partial charge in [0.15, 0.2) is 0 Å². The molecule has 0 spiro atoms. The van der Waals surface area contributed by atoms with Crippen LogP contribution in [0.3, 0.4) is 0 Å². The van der Waals surface area contributed by atoms with Gasteiger partial charge in [0.2, 0.25) is 5.91 Å². The number of nitrogens with zero attached hydrogens (tertiary/aromatic N) is 1. The number of carbonyl (C=O) groups excluding carboxylic acids is 2. The number of nitrogens with one attached hydrogen (secondary N) is 2. The Labute approximate surface area is 125 Å². The Bertz CT molecular complexity index is 546. The first-order chi connectivity index (χ1) is 9.88. The molecule has 2 rings (SSSR count). The summed E-state index contributed by atoms with van der Waals surface area (Å²) in [4.78, 5) is 25.3. The minimum atomic E-state index is -0.393. The summed E-state index contributed by atoms with van der Waals surface area (Å²) in [6, 6.07) is 3.53. The second-order valence-corrected chi connectivity index (χ2v) is 5.81. The lowest BCUT2D eigenvalue weighted by Crippen LogP contribution is -2.45. The maximum Gasteiger partial charge on any atom is 0.315 e. The largest absolute Gasteiger partial charge is 0.344 e. The lowest BCUT2D eigenvalue weighted by atomic mass is 10.00. The van der Waals surface area contributed by atoms with Crippen LogP contribution in [-0.2, 0) is 11.3 Å². The molecule has 0 unspecified atom stereocenters. The Morgan fingerprint density at radius 1 is 1.29 bits per heavy atom. The summed E-state index contributed by atoms with van der Waals surface area (Å²) in [7, 11) is 1.75. The lowest BCUT2D eigenvalue weighted by molar-refractivity contribution is -0.128. The molecule has 1 saturated heterocycles. The van der Waals surface area contributed by atoms with Crippen molar-refractivity contribution < 1.29 is 9.59 Å². The minimum Gasteiger partial charge on any atom is -0.344 e. The zero-order valence-corrected chi connectivity index (χ0v) is 13.1. The summed E-state index contributed by atoms with van der Waals surface area (Å²) in [5.41, 5.74) is 4.69. The fourth-order valence-electron chi connectivity index (χ4n) is 2.82. The third-order valence-electron chi connectivity index (χ3n) is 4.00. The Morgan fingerprint density at radius 3 is 2.43 bits per heavy atom. The van der Waals surface area contributed by atoms with Crippen LogP contribution in [0.2, 0.25) is 0 Å². The van der Waals surface area contributed by atoms with Gasteiger partial charge in [0, 0.05) is 20.1 Å². The number of likely N-dealkylation sites (N-methyl/N-ethyl adjacent to an activating group) is 1. The number of hydrogen-bond acceptors (Lipinski definition) is 2. The number of urea groups is 1. The van der Waals surface area contributed by atoms with Gasteiger partial charge in [-0.1, -0.05) is 17.7 Å². The number of benzene rings is 1. The number of likely N-dealkylation sites (tertiary alicyclic amines) is 1. The van der Waals surface area contributed by atoms with Crippen LogP contribution in [0.15, 0.2) is 12.1 Å². The molecule has 1 aromatic carbocycles. The number of aryl methyl sites for hydroxylation is 3. The van der Waals surface area contributed by atoms with Gasteiger partial charge >= 0.3 is 6.03 Å². The number of carbonyl (C=O) groups is 2. The summed E-state index contributed by atoms with van der Waals surface area (Å²) in [5, 5.41) is 5.58. The Kier molecular flexibility index (Phi) is 4.50. The Morgan fingerprint density at radius 2 is 1.90 bits per heavy atom. The molecule has 2 N–H and O–H groups in total. The topological polar surface area (TPSA) is 61.4 Å². The van der Waals surface area contributed by atoms with E-state index in [1.165, 1.54) is 16.7 Å². The van der Waals surface area contributed by atoms with E-state index < -0.39 is 6.04 Å². The van der Waals surface area contributed by atoms with Gasteiger partial charge in [0.05, 0.1) is 0 Å². The lowest BCUT2D eigenvalue weighted by Gasteiger charge is -2.15. The molecule has 5 heteroatoms. The molecule has 0 aromatic heterocycles. The molecule has 21 heavy (non-hydrogen) atoms. The number of hydrogen-bond donors (Lipinski definition) is 2. The van der Waals surface area contributed by atoms with Crippen molar-refractivity contribution in [2.75, 3.05) is 13.6 Å². The predicted molar refractivity (Wildman–Crippen MR) is 82.1 cm³/mol. The van der Waals surface area contributed by atoms with Crippen molar-refractivity contribution in [3.8, 4) is 0 Å². The average Bonchev–Trinajstić information content (AvgIpc) is 2.69. The monoisotopic (exact) mass is 289 g/mol. The quantitative estimate of drug-likeness (QED) is 0.888. The van der Waals surface area contributed by atoms with Crippen molar-refractivity contribution in [1.82, 2.24) is 15.5 Å². The highest BCUT2D eigenvalue weighted by molar-refractivity contribution is 5.88. The van der Waals surface area contributed by atoms with Gasteiger partial charge in [0.1, 0.15) is 6.04 Å². The number of amides is 3. The Balaban J connectivity index is 1.92. The maximum absolute atomic E-state index is 11.9. The number of rotatable bonds is 3. The van der Waals surface area contributed by atoms with E-state index in [4.69, 9.17) is 0 Å². The molecule has 114 valence electrons. The Hall–Kier alpha value is -2.04. The van der Waals surface area contributed by atoms with E-state index in [-0.39, 0.29) is 11.9 Å². The van der Waals surface area contributed by atoms with Gasteiger partial charge in [0.25, 0.3) is 0 Å². The maximum atomic E-state index is 11.9. The van der Waals surface area contributed by atoms with Gasteiger partial charge in [-0.25, -0.2) is 4.79 Å². The molecule has 0 bridgehead atoms. The predicted octanol–water partition coefficient (Wildman–Crippen LogP) is 1.64. The van der Waals surface area contributed by atoms with Crippen LogP contribution in [0.25, 0.3) is 0 Å². The average molecular weight is 289 g/mol. The fraction of sp³-hybridized carbons (Fsp3) is 0.500. The van der Waals surface area contributed by atoms with Crippen LogP contribution >= 0.6 is 0 Å². The molecule has 0 radical (unpaired) electrons. The van der Waals surface area contributed by atoms with Crippen LogP contribution in [0.1, 0.15) is 28.7 Å². The molecule has 0 saturated carbocycles. The molecular weight excluding hydrogens is 266 g/mol. The fourth-order valence-corrected chi connectivity index (χ4v) is 2.82. The highest BCUT2D eigenvalue weighted by atomic mass is 16.2. The van der Waals surface area contributed by atoms with Crippen molar-refractivity contribution in [3.63, 3.8) is 0 Å². The van der Waals surface area contributed by atoms with Crippen LogP contribution < -0.4 is 10.6 Å². The zero-order chi connectivity index (χ0) is 15.6. The highest BCUT2D eigenvalue weighted by Crippen LogP contribution is 2.16. The second-order valence-electron chi connectivity index (χ2n) is 5.81. The van der Waals surface area contributed by atoms with Crippen molar-refractivity contribution in [3.05, 3.63) is 34.4 Å². The van der Waals surface area contributed by atoms with Gasteiger partial charge in [-0.15, -0.1) is 0 Å². The molecular formula is C16H23N3O2. The molecule has 1 fully saturated rings. The first-order valence-corrected chi connectivity index (χ1v) is 7.24. The SMILES string of the molecule is Cc1cc(C)c(CNC(=O)N[C@@H]2CCN(C)C2=O)c(C)c1. The van der Waals surface area contributed by atoms with E-state index in [1.54, 1.807) is 11.9 Å². The summed E-state index contributed by atoms with van der Waals surface area (Å²) in [5.74, 6) is -0.0205. The molecule has 5 nitrogen and oxygen atoms in total. The normalized spacial score (nSPS) is 18.0. The van der Waals surface area contributed by atoms with E-state index in [1.807, 2.05) is 13.8 Å². The minimum absolute atomic E-state index is 0.0205. The van der Waals surface area contributed by atoms with Gasteiger partial charge in [-0.3, -0.25) is 4.79 Å². The summed E-state index contributed by atoms with van der Waals surface area (Å²) < 4.78 is 0. The first kappa shape index (κ1) is 15.4. The summed E-state index contributed by atoms with van der Waals surface area (Å²) in [6.45, 7) is 7.32. The van der Waals surface area contributed by atoms with E-state index in [0.717, 1.165) is 5.56 Å². The van der Waals surface area contributed by atoms with Crippen LogP contribution in [0.4, 0.5) is 4.79 Å². The van der Waals surface area contributed by atoms with E-state index >= 15 is 0 Å². The molecule has 1 atom stereocenters. The third-order valence-corrected chi connectivity index (χ3v) is 4.00. The van der Waals surface area contributed by atoms with E-state index in [0.29, 0.717) is 19.5 Å². The molecule has 1 aliphatic rings. The van der Waals surface area contributed by atoms with Crippen molar-refractivity contribution >= 4 is 11.9 Å². The zero-order valence-electron chi connectivity index (χ0n) is 13.1. The van der Waals surface area contributed by atoms with Gasteiger partial charge < -0.3 is 15.5 Å². The second kappa shape index (κ2) is 6.16. The molecule has 1 aromatic rings. The smallest absolute Gasteiger partial charge is 0.315 e. The molecule has 1 heterocycles. The third kappa shape index (κ3) is 3.54. The van der Waals surface area contributed by atoms with E-state index in [9.17, 15) is 9.59 Å². The highest BCUT2D eigenvalue weighted by Gasteiger charge is 2.30. The van der Waals surface area contributed by atoms with Gasteiger partial charge in [-0.05, 0) is 43.9 Å². The molecule has 0 aliphatic carbocycles. The summed E-state index contributed by atoms with van der Waals surface area (Å²) in [6.07, 6.45) is 0.672. The van der Waals surface area contributed by atoms with Crippen molar-refractivity contribution in [1.29, 1.82) is 0 Å². The van der Waals surface area contributed by atoms with Crippen LogP contribution in [-0.4, -0.2) is 36.5 Å². The van der Waals surface area contributed by atoms with E-state index in [2.05, 4.69) is 29.7 Å². The standard InChI is InChI=1S/C16H23N3O2/c1-10-7-11(2)13(12(3)8-10)9-17-16(21)18-14-5-6-19(4)15(14)20/h7-8,14H,5-6,9H2,1-4H3,(H2,17,18,21)/t14-/m1/s1.